The number of carboxylic acid groups (broad SMARTS) is 1. The van der Waals surface area contributed by atoms with E-state index in [0.717, 1.165) is 6.42 Å². The fourth-order valence-corrected chi connectivity index (χ4v) is 3.86. The molecule has 19 heavy (non-hydrogen) atoms. The summed E-state index contributed by atoms with van der Waals surface area (Å²) in [7, 11) is -2.97. The number of nitrogen functional groups attached to an aromatic ring is 1. The van der Waals surface area contributed by atoms with Crippen LogP contribution in [0.5, 0.6) is 0 Å². The molecule has 0 aromatic heterocycles. The SMILES string of the molecule is Nc1cc(NC2CCCS(=O)(=O)C2)ccc1C(=O)O. The van der Waals surface area contributed by atoms with E-state index in [1.54, 1.807) is 6.07 Å². The predicted octanol–water partition coefficient (Wildman–Crippen LogP) is 0.956. The summed E-state index contributed by atoms with van der Waals surface area (Å²) in [5, 5.41) is 12.0. The van der Waals surface area contributed by atoms with E-state index in [0.29, 0.717) is 12.1 Å². The molecule has 6 nitrogen and oxygen atoms in total. The van der Waals surface area contributed by atoms with Crippen LogP contribution in [-0.4, -0.2) is 37.0 Å². The van der Waals surface area contributed by atoms with E-state index in [4.69, 9.17) is 10.8 Å². The molecule has 1 saturated heterocycles. The number of hydrogen-bond acceptors (Lipinski definition) is 5. The van der Waals surface area contributed by atoms with Gasteiger partial charge in [0.25, 0.3) is 0 Å². The average Bonchev–Trinajstić information content (AvgIpc) is 2.27. The minimum Gasteiger partial charge on any atom is -0.478 e. The quantitative estimate of drug-likeness (QED) is 0.713. The summed E-state index contributed by atoms with van der Waals surface area (Å²) in [5.41, 5.74) is 6.49. The second-order valence-electron chi connectivity index (χ2n) is 4.71. The van der Waals surface area contributed by atoms with Crippen LogP contribution in [0.4, 0.5) is 11.4 Å². The molecule has 0 amide bonds. The zero-order valence-corrected chi connectivity index (χ0v) is 11.1. The summed E-state index contributed by atoms with van der Waals surface area (Å²) in [5.74, 6) is -0.733. The maximum atomic E-state index is 11.5. The number of sulfone groups is 1. The number of aromatic carboxylic acids is 1. The molecule has 1 aromatic carbocycles. The number of nitrogens with two attached hydrogens (primary N) is 1. The Hall–Kier alpha value is -1.76. The van der Waals surface area contributed by atoms with Gasteiger partial charge in [0.05, 0.1) is 17.1 Å². The highest BCUT2D eigenvalue weighted by molar-refractivity contribution is 7.91. The smallest absolute Gasteiger partial charge is 0.337 e. The first kappa shape index (κ1) is 13.7. The van der Waals surface area contributed by atoms with Gasteiger partial charge in [0.2, 0.25) is 0 Å². The summed E-state index contributed by atoms with van der Waals surface area (Å²) < 4.78 is 23.0. The van der Waals surface area contributed by atoms with Crippen LogP contribution in [0.3, 0.4) is 0 Å². The van der Waals surface area contributed by atoms with E-state index in [9.17, 15) is 13.2 Å². The van der Waals surface area contributed by atoms with Gasteiger partial charge < -0.3 is 16.2 Å². The zero-order valence-electron chi connectivity index (χ0n) is 10.3. The maximum absolute atomic E-state index is 11.5. The number of nitrogens with one attached hydrogen (secondary N) is 1. The molecule has 104 valence electrons. The molecule has 1 aromatic rings. The largest absolute Gasteiger partial charge is 0.478 e. The Balaban J connectivity index is 2.11. The minimum atomic E-state index is -2.97. The molecular weight excluding hydrogens is 268 g/mol. The second kappa shape index (κ2) is 5.08. The highest BCUT2D eigenvalue weighted by Crippen LogP contribution is 2.21. The van der Waals surface area contributed by atoms with Crippen LogP contribution < -0.4 is 11.1 Å². The number of benzene rings is 1. The molecule has 0 saturated carbocycles. The van der Waals surface area contributed by atoms with Gasteiger partial charge >= 0.3 is 5.97 Å². The van der Waals surface area contributed by atoms with E-state index in [1.807, 2.05) is 0 Å². The number of hydrogen-bond donors (Lipinski definition) is 3. The van der Waals surface area contributed by atoms with Gasteiger partial charge in [0.1, 0.15) is 0 Å². The summed E-state index contributed by atoms with van der Waals surface area (Å²) in [6.45, 7) is 0. The average molecular weight is 284 g/mol. The van der Waals surface area contributed by atoms with Gasteiger partial charge in [-0.15, -0.1) is 0 Å². The lowest BCUT2D eigenvalue weighted by Crippen LogP contribution is -2.34. The molecule has 2 rings (SSSR count). The van der Waals surface area contributed by atoms with Crippen molar-refractivity contribution in [3.05, 3.63) is 23.8 Å². The summed E-state index contributed by atoms with van der Waals surface area (Å²) in [6.07, 6.45) is 1.42. The van der Waals surface area contributed by atoms with E-state index >= 15 is 0 Å². The number of anilines is 2. The molecule has 0 spiro atoms. The van der Waals surface area contributed by atoms with Crippen molar-refractivity contribution < 1.29 is 18.3 Å². The summed E-state index contributed by atoms with van der Waals surface area (Å²) in [4.78, 5) is 10.8. The fourth-order valence-electron chi connectivity index (χ4n) is 2.22. The summed E-state index contributed by atoms with van der Waals surface area (Å²) in [6, 6.07) is 4.39. The fraction of sp³-hybridized carbons (Fsp3) is 0.417. The molecule has 0 radical (unpaired) electrons. The van der Waals surface area contributed by atoms with Crippen LogP contribution in [0.1, 0.15) is 23.2 Å². The molecule has 1 atom stereocenters. The first-order chi connectivity index (χ1) is 8.87. The molecule has 1 aliphatic heterocycles. The Morgan fingerprint density at radius 1 is 1.42 bits per heavy atom. The van der Waals surface area contributed by atoms with Gasteiger partial charge in [0.15, 0.2) is 9.84 Å². The van der Waals surface area contributed by atoms with Gasteiger partial charge in [-0.2, -0.15) is 0 Å². The topological polar surface area (TPSA) is 109 Å². The molecule has 0 aliphatic carbocycles. The molecular formula is C12H16N2O4S. The van der Waals surface area contributed by atoms with E-state index in [-0.39, 0.29) is 28.8 Å². The zero-order chi connectivity index (χ0) is 14.0. The van der Waals surface area contributed by atoms with Crippen molar-refractivity contribution in [3.8, 4) is 0 Å². The van der Waals surface area contributed by atoms with Crippen LogP contribution in [-0.2, 0) is 9.84 Å². The minimum absolute atomic E-state index is 0.0433. The van der Waals surface area contributed by atoms with Crippen molar-refractivity contribution in [2.75, 3.05) is 22.6 Å². The Kier molecular flexibility index (Phi) is 3.66. The van der Waals surface area contributed by atoms with Crippen LogP contribution in [0, 0.1) is 0 Å². The molecule has 0 bridgehead atoms. The van der Waals surface area contributed by atoms with Gasteiger partial charge in [-0.25, -0.2) is 13.2 Å². The van der Waals surface area contributed by atoms with Crippen LogP contribution in [0.25, 0.3) is 0 Å². The normalized spacial score (nSPS) is 21.8. The van der Waals surface area contributed by atoms with Crippen molar-refractivity contribution in [1.82, 2.24) is 0 Å². The van der Waals surface area contributed by atoms with Gasteiger partial charge in [0, 0.05) is 17.4 Å². The molecule has 1 aliphatic rings. The predicted molar refractivity (Wildman–Crippen MR) is 73.1 cm³/mol. The van der Waals surface area contributed by atoms with E-state index in [2.05, 4.69) is 5.32 Å². The Labute approximate surface area is 111 Å². The highest BCUT2D eigenvalue weighted by Gasteiger charge is 2.24. The van der Waals surface area contributed by atoms with Gasteiger partial charge in [-0.05, 0) is 31.0 Å². The lowest BCUT2D eigenvalue weighted by molar-refractivity contribution is 0.0698. The Morgan fingerprint density at radius 3 is 2.74 bits per heavy atom. The molecule has 1 heterocycles. The second-order valence-corrected chi connectivity index (χ2v) is 6.93. The van der Waals surface area contributed by atoms with E-state index < -0.39 is 15.8 Å². The first-order valence-electron chi connectivity index (χ1n) is 5.97. The van der Waals surface area contributed by atoms with E-state index in [1.165, 1.54) is 12.1 Å². The van der Waals surface area contributed by atoms with Crippen LogP contribution in [0.15, 0.2) is 18.2 Å². The van der Waals surface area contributed by atoms with Crippen molar-refractivity contribution in [3.63, 3.8) is 0 Å². The van der Waals surface area contributed by atoms with Crippen LogP contribution >= 0.6 is 0 Å². The molecule has 7 heteroatoms. The van der Waals surface area contributed by atoms with Crippen molar-refractivity contribution in [2.24, 2.45) is 0 Å². The third kappa shape index (κ3) is 3.37. The molecule has 4 N–H and O–H groups in total. The third-order valence-corrected chi connectivity index (χ3v) is 4.94. The van der Waals surface area contributed by atoms with Crippen molar-refractivity contribution in [2.45, 2.75) is 18.9 Å². The summed E-state index contributed by atoms with van der Waals surface area (Å²) >= 11 is 0. The number of rotatable bonds is 3. The first-order valence-corrected chi connectivity index (χ1v) is 7.79. The Morgan fingerprint density at radius 2 is 2.16 bits per heavy atom. The third-order valence-electron chi connectivity index (χ3n) is 3.12. The van der Waals surface area contributed by atoms with Gasteiger partial charge in [-0.3, -0.25) is 0 Å². The highest BCUT2D eigenvalue weighted by atomic mass is 32.2. The monoisotopic (exact) mass is 284 g/mol. The lowest BCUT2D eigenvalue weighted by atomic mass is 10.1. The van der Waals surface area contributed by atoms with Crippen molar-refractivity contribution in [1.29, 1.82) is 0 Å². The molecule has 1 fully saturated rings. The molecule has 1 unspecified atom stereocenters. The van der Waals surface area contributed by atoms with Crippen molar-refractivity contribution >= 4 is 27.2 Å². The standard InChI is InChI=1S/C12H16N2O4S/c13-11-6-8(3-4-10(11)12(15)16)14-9-2-1-5-19(17,18)7-9/h3-4,6,9,14H,1-2,5,7,13H2,(H,15,16). The maximum Gasteiger partial charge on any atom is 0.337 e. The van der Waals surface area contributed by atoms with Crippen LogP contribution in [0.2, 0.25) is 0 Å². The number of carboxylic acids is 1. The van der Waals surface area contributed by atoms with Gasteiger partial charge in [-0.1, -0.05) is 0 Å². The lowest BCUT2D eigenvalue weighted by Gasteiger charge is -2.24. The Bertz CT molecular complexity index is 598. The number of carbonyl (C=O) groups is 1.